The van der Waals surface area contributed by atoms with E-state index in [1.54, 1.807) is 24.4 Å². The van der Waals surface area contributed by atoms with Gasteiger partial charge in [0, 0.05) is 6.21 Å². The molecule has 0 fully saturated rings. The van der Waals surface area contributed by atoms with Crippen LogP contribution in [-0.2, 0) is 0 Å². The second kappa shape index (κ2) is 14.4. The first-order chi connectivity index (χ1) is 15.7. The predicted molar refractivity (Wildman–Crippen MR) is 141 cm³/mol. The molecule has 3 rings (SSSR count). The maximum Gasteiger partial charge on any atom is 0.154 e. The van der Waals surface area contributed by atoms with Crippen LogP contribution in [0, 0.1) is 0 Å². The average Bonchev–Trinajstić information content (AvgIpc) is 3.26. The molecular formula is C27H36N4O. The van der Waals surface area contributed by atoms with E-state index in [-0.39, 0.29) is 0 Å². The highest BCUT2D eigenvalue weighted by atomic mass is 16.5. The highest BCUT2D eigenvalue weighted by Gasteiger charge is 2.25. The van der Waals surface area contributed by atoms with Gasteiger partial charge in [0.15, 0.2) is 5.75 Å². The van der Waals surface area contributed by atoms with Crippen molar-refractivity contribution < 1.29 is 4.74 Å². The maximum atomic E-state index is 6.04. The molecule has 0 aliphatic carbocycles. The number of para-hydroxylation sites is 1. The van der Waals surface area contributed by atoms with E-state index in [4.69, 9.17) is 4.74 Å². The number of hydrogen-bond acceptors (Lipinski definition) is 4. The molecule has 1 aromatic heterocycles. The number of nitrogens with one attached hydrogen (secondary N) is 1. The molecule has 170 valence electrons. The number of nitrogens with zero attached hydrogens (tertiary/aromatic N) is 3. The van der Waals surface area contributed by atoms with Gasteiger partial charge in [0.05, 0.1) is 29.2 Å². The number of hydrogen-bond donors (Lipinski definition) is 1. The zero-order chi connectivity index (χ0) is 23.9. The number of fused-ring (bicyclic) bond motifs is 1. The minimum atomic E-state index is 0.541. The van der Waals surface area contributed by atoms with Crippen LogP contribution in [0.25, 0.3) is 23.5 Å². The standard InChI is InChI=1S/C23H24N4O.2C2H6/c1-5-10-19-18(8-4)25-23(26-19)17-12-9-13-20-22(17)28-16-15-27(20)21(11-6-2)24-14-7-3;2*1-2/h5-14H,2-4,15-16H2,1H3,(H,25,26);2*1-2H3/b10-5-,21-11+,24-14-;;. The van der Waals surface area contributed by atoms with E-state index in [1.165, 1.54) is 0 Å². The van der Waals surface area contributed by atoms with Crippen LogP contribution < -0.4 is 9.64 Å². The van der Waals surface area contributed by atoms with Crippen LogP contribution >= 0.6 is 0 Å². The topological polar surface area (TPSA) is 53.5 Å². The molecule has 0 unspecified atom stereocenters. The van der Waals surface area contributed by atoms with Crippen molar-refractivity contribution in [2.45, 2.75) is 34.6 Å². The molecule has 2 aromatic rings. The van der Waals surface area contributed by atoms with Crippen molar-refractivity contribution in [1.82, 2.24) is 9.97 Å². The van der Waals surface area contributed by atoms with Crippen LogP contribution in [0.3, 0.4) is 0 Å². The molecule has 1 aromatic carbocycles. The quantitative estimate of drug-likeness (QED) is 0.369. The van der Waals surface area contributed by atoms with Gasteiger partial charge in [-0.1, -0.05) is 71.7 Å². The van der Waals surface area contributed by atoms with Crippen molar-refractivity contribution in [3.63, 3.8) is 0 Å². The summed E-state index contributed by atoms with van der Waals surface area (Å²) in [4.78, 5) is 14.6. The summed E-state index contributed by atoms with van der Waals surface area (Å²) in [7, 11) is 0. The summed E-state index contributed by atoms with van der Waals surface area (Å²) in [5.74, 6) is 2.29. The third-order valence-corrected chi connectivity index (χ3v) is 4.25. The lowest BCUT2D eigenvalue weighted by Crippen LogP contribution is -2.31. The lowest BCUT2D eigenvalue weighted by atomic mass is 10.1. The van der Waals surface area contributed by atoms with Crippen LogP contribution in [0.15, 0.2) is 73.1 Å². The van der Waals surface area contributed by atoms with Gasteiger partial charge < -0.3 is 14.6 Å². The van der Waals surface area contributed by atoms with Crippen molar-refractivity contribution >= 4 is 24.1 Å². The summed E-state index contributed by atoms with van der Waals surface area (Å²) in [5, 5.41) is 0. The first kappa shape index (κ1) is 26.4. The molecule has 0 bridgehead atoms. The first-order valence-corrected chi connectivity index (χ1v) is 11.1. The summed E-state index contributed by atoms with van der Waals surface area (Å²) in [6.45, 7) is 22.5. The molecule has 5 heteroatoms. The molecular weight excluding hydrogens is 396 g/mol. The Kier molecular flexibility index (Phi) is 11.9. The van der Waals surface area contributed by atoms with Crippen molar-refractivity contribution in [1.29, 1.82) is 0 Å². The van der Waals surface area contributed by atoms with Gasteiger partial charge in [0.1, 0.15) is 18.3 Å². The van der Waals surface area contributed by atoms with E-state index in [0.717, 1.165) is 40.0 Å². The number of aromatic amines is 1. The normalized spacial score (nSPS) is 12.8. The van der Waals surface area contributed by atoms with Gasteiger partial charge >= 0.3 is 0 Å². The fourth-order valence-corrected chi connectivity index (χ4v) is 3.09. The molecule has 0 spiro atoms. The fourth-order valence-electron chi connectivity index (χ4n) is 3.09. The van der Waals surface area contributed by atoms with E-state index in [1.807, 2.05) is 71.0 Å². The summed E-state index contributed by atoms with van der Waals surface area (Å²) in [6.07, 6.45) is 12.6. The van der Waals surface area contributed by atoms with E-state index >= 15 is 0 Å². The monoisotopic (exact) mass is 432 g/mol. The molecule has 2 heterocycles. The van der Waals surface area contributed by atoms with E-state index in [0.29, 0.717) is 13.2 Å². The third kappa shape index (κ3) is 6.20. The number of ether oxygens (including phenoxy) is 1. The minimum Gasteiger partial charge on any atom is -0.489 e. The van der Waals surface area contributed by atoms with Gasteiger partial charge in [-0.3, -0.25) is 0 Å². The SMILES string of the molecule is C=C/C=N\C(=C/C=C)N1CCOc2c(-c3nc(C=C)c(/C=C\C)[nH]3)cccc21.CC.CC. The predicted octanol–water partition coefficient (Wildman–Crippen LogP) is 7.29. The van der Waals surface area contributed by atoms with Crippen molar-refractivity contribution in [3.05, 3.63) is 79.4 Å². The van der Waals surface area contributed by atoms with Gasteiger partial charge in [-0.2, -0.15) is 0 Å². The summed E-state index contributed by atoms with van der Waals surface area (Å²) in [5.41, 5.74) is 3.55. The van der Waals surface area contributed by atoms with Gasteiger partial charge in [0.25, 0.3) is 0 Å². The Hall–Kier alpha value is -3.60. The number of aliphatic imine (C=N–C) groups is 1. The molecule has 0 atom stereocenters. The molecule has 0 saturated carbocycles. The van der Waals surface area contributed by atoms with Crippen LogP contribution in [0.4, 0.5) is 5.69 Å². The average molecular weight is 433 g/mol. The second-order valence-electron chi connectivity index (χ2n) is 6.02. The molecule has 0 radical (unpaired) electrons. The number of H-pyrrole nitrogens is 1. The minimum absolute atomic E-state index is 0.541. The fraction of sp³-hybridized carbons (Fsp3) is 0.259. The van der Waals surface area contributed by atoms with Gasteiger partial charge in [-0.25, -0.2) is 9.98 Å². The van der Waals surface area contributed by atoms with Crippen molar-refractivity contribution in [3.8, 4) is 17.1 Å². The van der Waals surface area contributed by atoms with Crippen LogP contribution in [0.5, 0.6) is 5.75 Å². The summed E-state index contributed by atoms with van der Waals surface area (Å²) in [6, 6.07) is 6.00. The van der Waals surface area contributed by atoms with Crippen molar-refractivity contribution in [2.24, 2.45) is 4.99 Å². The molecule has 0 saturated heterocycles. The lowest BCUT2D eigenvalue weighted by Gasteiger charge is -2.32. The molecule has 1 aliphatic heterocycles. The number of anilines is 1. The van der Waals surface area contributed by atoms with E-state index < -0.39 is 0 Å². The van der Waals surface area contributed by atoms with Crippen LogP contribution in [0.2, 0.25) is 0 Å². The van der Waals surface area contributed by atoms with Gasteiger partial charge in [-0.15, -0.1) is 0 Å². The van der Waals surface area contributed by atoms with Crippen LogP contribution in [-0.4, -0.2) is 29.3 Å². The Morgan fingerprint density at radius 2 is 1.91 bits per heavy atom. The van der Waals surface area contributed by atoms with Gasteiger partial charge in [-0.05, 0) is 37.3 Å². The lowest BCUT2D eigenvalue weighted by molar-refractivity contribution is 0.313. The summed E-state index contributed by atoms with van der Waals surface area (Å²) >= 11 is 0. The number of aromatic nitrogens is 2. The molecule has 1 aliphatic rings. The first-order valence-electron chi connectivity index (χ1n) is 11.1. The Labute approximate surface area is 193 Å². The third-order valence-electron chi connectivity index (χ3n) is 4.25. The Morgan fingerprint density at radius 3 is 2.53 bits per heavy atom. The Morgan fingerprint density at radius 1 is 1.16 bits per heavy atom. The number of allylic oxidation sites excluding steroid dienone is 4. The Balaban J connectivity index is 0.00000121. The Bertz CT molecular complexity index is 980. The second-order valence-corrected chi connectivity index (χ2v) is 6.02. The van der Waals surface area contributed by atoms with Crippen LogP contribution in [0.1, 0.15) is 46.0 Å². The largest absolute Gasteiger partial charge is 0.489 e. The maximum absolute atomic E-state index is 6.04. The summed E-state index contributed by atoms with van der Waals surface area (Å²) < 4.78 is 6.04. The highest BCUT2D eigenvalue weighted by molar-refractivity contribution is 5.80. The zero-order valence-corrected chi connectivity index (χ0v) is 20.1. The molecule has 1 N–H and O–H groups in total. The molecule has 32 heavy (non-hydrogen) atoms. The zero-order valence-electron chi connectivity index (χ0n) is 20.1. The van der Waals surface area contributed by atoms with Crippen molar-refractivity contribution in [2.75, 3.05) is 18.1 Å². The molecule has 0 amide bonds. The smallest absolute Gasteiger partial charge is 0.154 e. The van der Waals surface area contributed by atoms with E-state index in [9.17, 15) is 0 Å². The van der Waals surface area contributed by atoms with E-state index in [2.05, 4.69) is 39.6 Å². The van der Waals surface area contributed by atoms with Gasteiger partial charge in [0.2, 0.25) is 0 Å². The molecule has 5 nitrogen and oxygen atoms in total. The number of benzene rings is 1. The number of rotatable bonds is 7. The number of imidazole rings is 1. The highest BCUT2D eigenvalue weighted by Crippen LogP contribution is 2.41.